The molecule has 1 heterocycles. The third kappa shape index (κ3) is 3.27. The maximum atomic E-state index is 12.6. The van der Waals surface area contributed by atoms with Crippen LogP contribution < -0.4 is 10.2 Å². The first kappa shape index (κ1) is 16.0. The molecule has 0 aromatic heterocycles. The number of carbonyl (C=O) groups excluding carboxylic acids is 1. The summed E-state index contributed by atoms with van der Waals surface area (Å²) in [6, 6.07) is 7.89. The number of para-hydroxylation sites is 1. The van der Waals surface area contributed by atoms with Gasteiger partial charge >= 0.3 is 0 Å². The number of nitrogens with one attached hydrogen (secondary N) is 1. The number of sulfone groups is 1. The molecule has 1 aliphatic heterocycles. The Balaban J connectivity index is 2.43. The van der Waals surface area contributed by atoms with Crippen molar-refractivity contribution in [3.8, 4) is 0 Å². The molecule has 0 spiro atoms. The van der Waals surface area contributed by atoms with Crippen molar-refractivity contribution in [2.45, 2.75) is 31.1 Å². The van der Waals surface area contributed by atoms with Crippen LogP contribution >= 0.6 is 0 Å². The lowest BCUT2D eigenvalue weighted by atomic mass is 10.0. The summed E-state index contributed by atoms with van der Waals surface area (Å²) in [4.78, 5) is 14.2. The molecule has 2 atom stereocenters. The summed E-state index contributed by atoms with van der Waals surface area (Å²) < 4.78 is 23.3. The zero-order chi connectivity index (χ0) is 15.6. The number of hydrogen-bond donors (Lipinski definition) is 1. The van der Waals surface area contributed by atoms with Gasteiger partial charge in [0.25, 0.3) is 0 Å². The summed E-state index contributed by atoms with van der Waals surface area (Å²) in [5.41, 5.74) is 1.86. The molecule has 21 heavy (non-hydrogen) atoms. The van der Waals surface area contributed by atoms with Crippen molar-refractivity contribution >= 4 is 21.4 Å². The van der Waals surface area contributed by atoms with E-state index in [-0.39, 0.29) is 11.9 Å². The van der Waals surface area contributed by atoms with E-state index in [1.807, 2.05) is 31.3 Å². The second kappa shape index (κ2) is 6.15. The van der Waals surface area contributed by atoms with Gasteiger partial charge in [0.15, 0.2) is 9.84 Å². The molecule has 1 N–H and O–H groups in total. The highest BCUT2D eigenvalue weighted by molar-refractivity contribution is 7.92. The van der Waals surface area contributed by atoms with Crippen molar-refractivity contribution in [2.24, 2.45) is 0 Å². The van der Waals surface area contributed by atoms with Crippen LogP contribution in [-0.4, -0.2) is 39.4 Å². The topological polar surface area (TPSA) is 66.5 Å². The van der Waals surface area contributed by atoms with E-state index in [0.717, 1.165) is 30.3 Å². The number of nitrogens with zero attached hydrogens (tertiary/aromatic N) is 1. The third-order valence-electron chi connectivity index (χ3n) is 4.08. The molecule has 1 aliphatic rings. The van der Waals surface area contributed by atoms with Crippen LogP contribution in [0.4, 0.5) is 5.69 Å². The van der Waals surface area contributed by atoms with Crippen LogP contribution in [0.1, 0.15) is 31.4 Å². The zero-order valence-electron chi connectivity index (χ0n) is 12.7. The Labute approximate surface area is 126 Å². The van der Waals surface area contributed by atoms with Crippen molar-refractivity contribution in [3.63, 3.8) is 0 Å². The van der Waals surface area contributed by atoms with Crippen molar-refractivity contribution in [1.82, 2.24) is 5.32 Å². The predicted molar refractivity (Wildman–Crippen MR) is 84.1 cm³/mol. The molecule has 1 amide bonds. The summed E-state index contributed by atoms with van der Waals surface area (Å²) in [5.74, 6) is -0.346. The van der Waals surface area contributed by atoms with E-state index in [9.17, 15) is 13.2 Å². The quantitative estimate of drug-likeness (QED) is 0.919. The van der Waals surface area contributed by atoms with Crippen LogP contribution in [0.25, 0.3) is 0 Å². The van der Waals surface area contributed by atoms with E-state index in [1.54, 1.807) is 4.90 Å². The van der Waals surface area contributed by atoms with Crippen LogP contribution in [0.15, 0.2) is 24.3 Å². The first-order valence-corrected chi connectivity index (χ1v) is 9.08. The lowest BCUT2D eigenvalue weighted by Gasteiger charge is -2.26. The van der Waals surface area contributed by atoms with Gasteiger partial charge in [0.05, 0.1) is 0 Å². The molecule has 0 fully saturated rings. The Morgan fingerprint density at radius 1 is 1.38 bits per heavy atom. The van der Waals surface area contributed by atoms with Gasteiger partial charge in [-0.05, 0) is 38.4 Å². The fourth-order valence-corrected chi connectivity index (χ4v) is 3.18. The molecule has 0 saturated carbocycles. The van der Waals surface area contributed by atoms with Gasteiger partial charge in [0.2, 0.25) is 5.91 Å². The molecular formula is C15H22N2O3S. The predicted octanol–water partition coefficient (Wildman–Crippen LogP) is 1.51. The van der Waals surface area contributed by atoms with Gasteiger partial charge in [-0.15, -0.1) is 0 Å². The molecule has 0 radical (unpaired) electrons. The van der Waals surface area contributed by atoms with E-state index in [0.29, 0.717) is 6.54 Å². The Morgan fingerprint density at radius 3 is 2.67 bits per heavy atom. The average Bonchev–Trinajstić information content (AvgIpc) is 2.64. The van der Waals surface area contributed by atoms with Crippen LogP contribution in [0.3, 0.4) is 0 Å². The summed E-state index contributed by atoms with van der Waals surface area (Å²) in [7, 11) is -1.49. The summed E-state index contributed by atoms with van der Waals surface area (Å²) in [5, 5.41) is 2.25. The average molecular weight is 310 g/mol. The fourth-order valence-electron chi connectivity index (χ4n) is 2.69. The minimum Gasteiger partial charge on any atom is -0.313 e. The molecule has 0 saturated heterocycles. The van der Waals surface area contributed by atoms with E-state index < -0.39 is 15.1 Å². The lowest BCUT2D eigenvalue weighted by Crippen LogP contribution is -2.42. The normalized spacial score (nSPS) is 20.5. The van der Waals surface area contributed by atoms with E-state index in [2.05, 4.69) is 5.32 Å². The zero-order valence-corrected chi connectivity index (χ0v) is 13.5. The molecule has 5 nitrogen and oxygen atoms in total. The molecule has 1 aromatic rings. The smallest absolute Gasteiger partial charge is 0.245 e. The molecule has 2 unspecified atom stereocenters. The number of rotatable bonds is 3. The second-order valence-electron chi connectivity index (χ2n) is 5.50. The standard InChI is InChI=1S/C15H22N2O3S/c1-11(21(3,19)20)15(18)17-10-6-8-13(16-2)12-7-4-5-9-14(12)17/h4-5,7,9,11,13,16H,6,8,10H2,1-3H3. The Morgan fingerprint density at radius 2 is 2.05 bits per heavy atom. The van der Waals surface area contributed by atoms with Gasteiger partial charge in [-0.25, -0.2) is 8.42 Å². The Hall–Kier alpha value is -1.40. The van der Waals surface area contributed by atoms with Gasteiger partial charge in [-0.1, -0.05) is 18.2 Å². The van der Waals surface area contributed by atoms with Gasteiger partial charge in [0.1, 0.15) is 5.25 Å². The lowest BCUT2D eigenvalue weighted by molar-refractivity contribution is -0.118. The van der Waals surface area contributed by atoms with Gasteiger partial charge < -0.3 is 10.2 Å². The first-order valence-electron chi connectivity index (χ1n) is 7.12. The number of fused-ring (bicyclic) bond motifs is 1. The number of hydrogen-bond acceptors (Lipinski definition) is 4. The van der Waals surface area contributed by atoms with E-state index in [4.69, 9.17) is 0 Å². The SMILES string of the molecule is CNC1CCCN(C(=O)C(C)S(C)(=O)=O)c2ccccc21. The van der Waals surface area contributed by atoms with Gasteiger partial charge in [0, 0.05) is 24.5 Å². The molecule has 0 bridgehead atoms. The third-order valence-corrected chi connectivity index (χ3v) is 5.57. The summed E-state index contributed by atoms with van der Waals surface area (Å²) in [6.45, 7) is 2.01. The molecule has 1 aromatic carbocycles. The fraction of sp³-hybridized carbons (Fsp3) is 0.533. The largest absolute Gasteiger partial charge is 0.313 e. The highest BCUT2D eigenvalue weighted by atomic mass is 32.2. The highest BCUT2D eigenvalue weighted by Gasteiger charge is 2.32. The summed E-state index contributed by atoms with van der Waals surface area (Å²) >= 11 is 0. The van der Waals surface area contributed by atoms with Gasteiger partial charge in [-0.2, -0.15) is 0 Å². The van der Waals surface area contributed by atoms with Crippen molar-refractivity contribution in [1.29, 1.82) is 0 Å². The summed E-state index contributed by atoms with van der Waals surface area (Å²) in [6.07, 6.45) is 2.86. The number of anilines is 1. The number of amides is 1. The molecule has 116 valence electrons. The minimum atomic E-state index is -3.39. The monoisotopic (exact) mass is 310 g/mol. The Kier molecular flexibility index (Phi) is 4.68. The molecule has 2 rings (SSSR count). The van der Waals surface area contributed by atoms with Gasteiger partial charge in [-0.3, -0.25) is 4.79 Å². The first-order chi connectivity index (χ1) is 9.86. The van der Waals surface area contributed by atoms with E-state index in [1.165, 1.54) is 6.92 Å². The number of carbonyl (C=O) groups is 1. The highest BCUT2D eigenvalue weighted by Crippen LogP contribution is 2.33. The van der Waals surface area contributed by atoms with Crippen molar-refractivity contribution in [3.05, 3.63) is 29.8 Å². The molecule has 6 heteroatoms. The molecule has 0 aliphatic carbocycles. The van der Waals surface area contributed by atoms with Crippen LogP contribution in [0, 0.1) is 0 Å². The van der Waals surface area contributed by atoms with Crippen molar-refractivity contribution < 1.29 is 13.2 Å². The van der Waals surface area contributed by atoms with Crippen LogP contribution in [0.2, 0.25) is 0 Å². The van der Waals surface area contributed by atoms with Crippen LogP contribution in [-0.2, 0) is 14.6 Å². The second-order valence-corrected chi connectivity index (χ2v) is 7.87. The maximum Gasteiger partial charge on any atom is 0.245 e. The van der Waals surface area contributed by atoms with Crippen molar-refractivity contribution in [2.75, 3.05) is 24.7 Å². The maximum absolute atomic E-state index is 12.6. The Bertz CT molecular complexity index is 628. The molecular weight excluding hydrogens is 288 g/mol. The van der Waals surface area contributed by atoms with E-state index >= 15 is 0 Å². The van der Waals surface area contributed by atoms with Crippen LogP contribution in [0.5, 0.6) is 0 Å². The minimum absolute atomic E-state index is 0.188. The number of benzene rings is 1.